The average molecular weight is 319 g/mol. The molecule has 1 rings (SSSR count). The highest BCUT2D eigenvalue weighted by atomic mass is 16.5. The number of benzene rings is 1. The number of aliphatic carboxylic acids is 1. The third kappa shape index (κ3) is 5.43. The molecule has 0 aliphatic heterocycles. The predicted octanol–water partition coefficient (Wildman–Crippen LogP) is 4.65. The van der Waals surface area contributed by atoms with Gasteiger partial charge in [0.15, 0.2) is 0 Å². The van der Waals surface area contributed by atoms with E-state index in [0.717, 1.165) is 19.3 Å². The van der Waals surface area contributed by atoms with Crippen molar-refractivity contribution < 1.29 is 19.7 Å². The van der Waals surface area contributed by atoms with Crippen LogP contribution in [-0.4, -0.2) is 29.0 Å². The highest BCUT2D eigenvalue weighted by Crippen LogP contribution is 2.28. The summed E-state index contributed by atoms with van der Waals surface area (Å²) in [5.41, 5.74) is 0.789. The summed E-state index contributed by atoms with van der Waals surface area (Å²) in [6.45, 7) is 3.87. The lowest BCUT2D eigenvalue weighted by Gasteiger charge is -2.10. The highest BCUT2D eigenvalue weighted by Gasteiger charge is 2.20. The monoisotopic (exact) mass is 319 g/mol. The van der Waals surface area contributed by atoms with Gasteiger partial charge in [0.1, 0.15) is 22.8 Å². The normalized spacial score (nSPS) is 12.7. The molecule has 0 fully saturated rings. The van der Waals surface area contributed by atoms with Gasteiger partial charge in [-0.3, -0.25) is 0 Å². The van der Waals surface area contributed by atoms with Gasteiger partial charge < -0.3 is 14.9 Å². The molecule has 126 valence electrons. The van der Waals surface area contributed by atoms with Gasteiger partial charge >= 0.3 is 5.97 Å². The van der Waals surface area contributed by atoms with Crippen molar-refractivity contribution in [2.45, 2.75) is 46.0 Å². The number of carboxylic acids is 1. The number of carbonyl (C=O) groups is 1. The van der Waals surface area contributed by atoms with Crippen molar-refractivity contribution in [3.05, 3.63) is 35.6 Å². The molecule has 0 spiro atoms. The number of aliphatic imine (C=N–C) groups is 1. The lowest BCUT2D eigenvalue weighted by molar-refractivity contribution is -0.132. The Morgan fingerprint density at radius 2 is 1.87 bits per heavy atom. The van der Waals surface area contributed by atoms with Gasteiger partial charge in [0.2, 0.25) is 0 Å². The summed E-state index contributed by atoms with van der Waals surface area (Å²) in [6, 6.07) is 7.14. The Morgan fingerprint density at radius 1 is 1.17 bits per heavy atom. The first kappa shape index (κ1) is 18.7. The summed E-state index contributed by atoms with van der Waals surface area (Å²) in [7, 11) is 1.54. The maximum Gasteiger partial charge on any atom is 0.340 e. The fourth-order valence-corrected chi connectivity index (χ4v) is 2.26. The lowest BCUT2D eigenvalue weighted by atomic mass is 10.0. The standard InChI is InChI=1S/C18H25NO4/c1-4-6-7-11-15(20)17(18(21)22)13(5-2)19-14-10-8-9-12-16(14)23-3/h8-10,12,20H,4-7,11H2,1-3H3,(H,21,22). The van der Waals surface area contributed by atoms with E-state index in [2.05, 4.69) is 11.9 Å². The van der Waals surface area contributed by atoms with Crippen LogP contribution in [0, 0.1) is 0 Å². The minimum Gasteiger partial charge on any atom is -0.511 e. The van der Waals surface area contributed by atoms with Crippen molar-refractivity contribution >= 4 is 17.4 Å². The number of aliphatic hydroxyl groups excluding tert-OH is 1. The second-order valence-corrected chi connectivity index (χ2v) is 5.17. The number of methoxy groups -OCH3 is 1. The first-order valence-corrected chi connectivity index (χ1v) is 7.91. The van der Waals surface area contributed by atoms with Crippen molar-refractivity contribution in [3.8, 4) is 5.75 Å². The Hall–Kier alpha value is -2.30. The number of para-hydroxylation sites is 2. The first-order chi connectivity index (χ1) is 11.0. The number of aliphatic hydroxyl groups is 1. The highest BCUT2D eigenvalue weighted by molar-refractivity contribution is 6.20. The molecule has 0 saturated carbocycles. The largest absolute Gasteiger partial charge is 0.511 e. The predicted molar refractivity (Wildman–Crippen MR) is 91.8 cm³/mol. The summed E-state index contributed by atoms with van der Waals surface area (Å²) >= 11 is 0. The van der Waals surface area contributed by atoms with Crippen LogP contribution in [0.5, 0.6) is 5.75 Å². The van der Waals surface area contributed by atoms with Crippen LogP contribution in [0.15, 0.2) is 40.6 Å². The zero-order valence-corrected chi connectivity index (χ0v) is 14.0. The topological polar surface area (TPSA) is 79.1 Å². The van der Waals surface area contributed by atoms with Gasteiger partial charge in [-0.1, -0.05) is 38.8 Å². The molecular weight excluding hydrogens is 294 g/mol. The Kier molecular flexibility index (Phi) is 7.88. The molecule has 0 aliphatic rings. The molecule has 0 bridgehead atoms. The van der Waals surface area contributed by atoms with E-state index in [0.29, 0.717) is 30.0 Å². The van der Waals surface area contributed by atoms with Crippen molar-refractivity contribution in [2.24, 2.45) is 4.99 Å². The fourth-order valence-electron chi connectivity index (χ4n) is 2.26. The van der Waals surface area contributed by atoms with Crippen molar-refractivity contribution in [3.63, 3.8) is 0 Å². The average Bonchev–Trinajstić information content (AvgIpc) is 2.54. The smallest absolute Gasteiger partial charge is 0.340 e. The van der Waals surface area contributed by atoms with Crippen LogP contribution in [0.4, 0.5) is 5.69 Å². The van der Waals surface area contributed by atoms with Crippen LogP contribution < -0.4 is 4.74 Å². The zero-order chi connectivity index (χ0) is 17.2. The minimum atomic E-state index is -1.16. The number of hydrogen-bond donors (Lipinski definition) is 2. The lowest BCUT2D eigenvalue weighted by Crippen LogP contribution is -2.15. The second kappa shape index (κ2) is 9.66. The first-order valence-electron chi connectivity index (χ1n) is 7.91. The van der Waals surface area contributed by atoms with Crippen LogP contribution in [0.2, 0.25) is 0 Å². The Labute approximate surface area is 137 Å². The summed E-state index contributed by atoms with van der Waals surface area (Å²) in [6.07, 6.45) is 3.45. The molecule has 23 heavy (non-hydrogen) atoms. The number of ether oxygens (including phenoxy) is 1. The van der Waals surface area contributed by atoms with Gasteiger partial charge in [0, 0.05) is 6.42 Å². The maximum absolute atomic E-state index is 11.6. The summed E-state index contributed by atoms with van der Waals surface area (Å²) in [5.74, 6) is -0.704. The Morgan fingerprint density at radius 3 is 2.43 bits per heavy atom. The minimum absolute atomic E-state index is 0.102. The van der Waals surface area contributed by atoms with Crippen LogP contribution in [0.1, 0.15) is 46.0 Å². The molecule has 1 aromatic carbocycles. The fraction of sp³-hybridized carbons (Fsp3) is 0.444. The van der Waals surface area contributed by atoms with E-state index in [1.165, 1.54) is 7.11 Å². The van der Waals surface area contributed by atoms with Crippen LogP contribution in [0.3, 0.4) is 0 Å². The molecule has 2 N–H and O–H groups in total. The van der Waals surface area contributed by atoms with Crippen LogP contribution in [0.25, 0.3) is 0 Å². The van der Waals surface area contributed by atoms with Crippen molar-refractivity contribution in [1.29, 1.82) is 0 Å². The molecule has 0 amide bonds. The molecule has 0 heterocycles. The van der Waals surface area contributed by atoms with Gasteiger partial charge in [-0.15, -0.1) is 0 Å². The van der Waals surface area contributed by atoms with Gasteiger partial charge in [0.25, 0.3) is 0 Å². The van der Waals surface area contributed by atoms with E-state index in [4.69, 9.17) is 4.74 Å². The Balaban J connectivity index is 3.23. The maximum atomic E-state index is 11.6. The quantitative estimate of drug-likeness (QED) is 0.300. The molecule has 0 aliphatic carbocycles. The van der Waals surface area contributed by atoms with Crippen LogP contribution >= 0.6 is 0 Å². The molecule has 5 heteroatoms. The van der Waals surface area contributed by atoms with Crippen LogP contribution in [-0.2, 0) is 4.79 Å². The van der Waals surface area contributed by atoms with E-state index >= 15 is 0 Å². The number of carboxylic acid groups (broad SMARTS) is 1. The van der Waals surface area contributed by atoms with Gasteiger partial charge in [-0.05, 0) is 25.0 Å². The summed E-state index contributed by atoms with van der Waals surface area (Å²) < 4.78 is 5.24. The number of hydrogen-bond acceptors (Lipinski definition) is 4. The summed E-state index contributed by atoms with van der Waals surface area (Å²) in [5, 5.41) is 19.7. The van der Waals surface area contributed by atoms with Gasteiger partial charge in [-0.2, -0.15) is 0 Å². The Bertz CT molecular complexity index is 590. The molecule has 0 unspecified atom stereocenters. The molecule has 0 radical (unpaired) electrons. The molecule has 0 atom stereocenters. The van der Waals surface area contributed by atoms with E-state index < -0.39 is 5.97 Å². The number of nitrogens with zero attached hydrogens (tertiary/aromatic N) is 1. The zero-order valence-electron chi connectivity index (χ0n) is 14.0. The van der Waals surface area contributed by atoms with E-state index in [1.807, 2.05) is 13.0 Å². The second-order valence-electron chi connectivity index (χ2n) is 5.17. The van der Waals surface area contributed by atoms with Crippen molar-refractivity contribution in [1.82, 2.24) is 0 Å². The number of unbranched alkanes of at least 4 members (excludes halogenated alkanes) is 2. The SMILES string of the molecule is CCCCCC(O)=C(C(=O)O)C(CC)=Nc1ccccc1OC. The van der Waals surface area contributed by atoms with Gasteiger partial charge in [0.05, 0.1) is 12.8 Å². The van der Waals surface area contributed by atoms with E-state index in [9.17, 15) is 15.0 Å². The van der Waals surface area contributed by atoms with E-state index in [1.54, 1.807) is 18.2 Å². The number of rotatable bonds is 9. The molecular formula is C18H25NO4. The third-order valence-electron chi connectivity index (χ3n) is 3.48. The summed E-state index contributed by atoms with van der Waals surface area (Å²) in [4.78, 5) is 16.0. The van der Waals surface area contributed by atoms with Crippen molar-refractivity contribution in [2.75, 3.05) is 7.11 Å². The molecule has 0 aromatic heterocycles. The molecule has 1 aromatic rings. The van der Waals surface area contributed by atoms with E-state index in [-0.39, 0.29) is 11.3 Å². The molecule has 0 saturated heterocycles. The number of allylic oxidation sites excluding steroid dienone is 1. The third-order valence-corrected chi connectivity index (χ3v) is 3.48. The molecule has 5 nitrogen and oxygen atoms in total. The van der Waals surface area contributed by atoms with Gasteiger partial charge in [-0.25, -0.2) is 9.79 Å².